The van der Waals surface area contributed by atoms with Gasteiger partial charge in [-0.15, -0.1) is 0 Å². The van der Waals surface area contributed by atoms with Crippen LogP contribution in [0, 0.1) is 13.8 Å². The summed E-state index contributed by atoms with van der Waals surface area (Å²) in [4.78, 5) is 15.8. The lowest BCUT2D eigenvalue weighted by Gasteiger charge is -2.10. The van der Waals surface area contributed by atoms with E-state index in [1.165, 1.54) is 11.1 Å². The Labute approximate surface area is 124 Å². The number of benzene rings is 1. The number of urea groups is 1. The van der Waals surface area contributed by atoms with Crippen molar-refractivity contribution >= 4 is 11.8 Å². The Hall–Kier alpha value is -2.56. The van der Waals surface area contributed by atoms with E-state index >= 15 is 0 Å². The van der Waals surface area contributed by atoms with E-state index in [4.69, 9.17) is 5.73 Å². The van der Waals surface area contributed by atoms with Crippen molar-refractivity contribution in [2.24, 2.45) is 0 Å². The third-order valence-electron chi connectivity index (χ3n) is 3.30. The van der Waals surface area contributed by atoms with Gasteiger partial charge >= 0.3 is 6.03 Å². The predicted octanol–water partition coefficient (Wildman–Crippen LogP) is 2.28. The molecule has 0 spiro atoms. The molecule has 2 aromatic rings. The summed E-state index contributed by atoms with van der Waals surface area (Å²) in [6.07, 6.45) is 1.62. The Kier molecular flexibility index (Phi) is 4.77. The topological polar surface area (TPSA) is 80.0 Å². The van der Waals surface area contributed by atoms with Crippen LogP contribution in [0.2, 0.25) is 0 Å². The van der Waals surface area contributed by atoms with Crippen molar-refractivity contribution in [1.82, 2.24) is 15.6 Å². The Morgan fingerprint density at radius 2 is 1.86 bits per heavy atom. The molecular formula is C16H20N4O. The van der Waals surface area contributed by atoms with Gasteiger partial charge < -0.3 is 16.4 Å². The summed E-state index contributed by atoms with van der Waals surface area (Å²) in [6, 6.07) is 9.58. The quantitative estimate of drug-likeness (QED) is 0.805. The zero-order valence-electron chi connectivity index (χ0n) is 12.3. The maximum atomic E-state index is 11.8. The number of aromatic nitrogens is 1. The molecule has 0 aliphatic rings. The smallest absolute Gasteiger partial charge is 0.315 e. The van der Waals surface area contributed by atoms with Crippen LogP contribution in [0.3, 0.4) is 0 Å². The Morgan fingerprint density at radius 1 is 1.14 bits per heavy atom. The summed E-state index contributed by atoms with van der Waals surface area (Å²) in [7, 11) is 0. The van der Waals surface area contributed by atoms with Crippen LogP contribution < -0.4 is 16.4 Å². The van der Waals surface area contributed by atoms with Crippen LogP contribution in [0.15, 0.2) is 36.5 Å². The molecule has 0 saturated carbocycles. The van der Waals surface area contributed by atoms with E-state index in [9.17, 15) is 4.79 Å². The van der Waals surface area contributed by atoms with Gasteiger partial charge in [0.15, 0.2) is 0 Å². The number of nitrogens with one attached hydrogen (secondary N) is 2. The molecule has 0 radical (unpaired) electrons. The monoisotopic (exact) mass is 284 g/mol. The first-order valence-corrected chi connectivity index (χ1v) is 6.83. The number of carbonyl (C=O) groups excluding carboxylic acids is 1. The number of anilines is 1. The molecule has 0 aliphatic carbocycles. The average molecular weight is 284 g/mol. The van der Waals surface area contributed by atoms with Crippen LogP contribution in [-0.4, -0.2) is 11.0 Å². The van der Waals surface area contributed by atoms with E-state index in [1.807, 2.05) is 25.1 Å². The van der Waals surface area contributed by atoms with Gasteiger partial charge in [-0.2, -0.15) is 0 Å². The maximum Gasteiger partial charge on any atom is 0.315 e. The zero-order chi connectivity index (χ0) is 15.2. The minimum absolute atomic E-state index is 0.224. The molecule has 110 valence electrons. The first-order valence-electron chi connectivity index (χ1n) is 6.83. The summed E-state index contributed by atoms with van der Waals surface area (Å²) < 4.78 is 0. The largest absolute Gasteiger partial charge is 0.383 e. The summed E-state index contributed by atoms with van der Waals surface area (Å²) in [6.45, 7) is 4.95. The van der Waals surface area contributed by atoms with Crippen molar-refractivity contribution in [2.45, 2.75) is 26.9 Å². The van der Waals surface area contributed by atoms with Gasteiger partial charge in [0.05, 0.1) is 0 Å². The van der Waals surface area contributed by atoms with Crippen molar-refractivity contribution in [3.05, 3.63) is 58.8 Å². The molecule has 5 nitrogen and oxygen atoms in total. The van der Waals surface area contributed by atoms with Crippen LogP contribution in [0.25, 0.3) is 0 Å². The van der Waals surface area contributed by atoms with E-state index in [0.29, 0.717) is 18.9 Å². The standard InChI is InChI=1S/C16H20N4O/c1-11-5-6-13(12(2)8-11)9-19-16(21)20-10-14-4-3-7-18-15(14)17/h3-8H,9-10H2,1-2H3,(H2,17,18)(H2,19,20,21). The zero-order valence-corrected chi connectivity index (χ0v) is 12.3. The fourth-order valence-corrected chi connectivity index (χ4v) is 2.06. The van der Waals surface area contributed by atoms with Gasteiger partial charge in [-0.05, 0) is 31.0 Å². The van der Waals surface area contributed by atoms with Gasteiger partial charge in [-0.25, -0.2) is 9.78 Å². The lowest BCUT2D eigenvalue weighted by Crippen LogP contribution is -2.34. The first-order chi connectivity index (χ1) is 10.1. The Balaban J connectivity index is 1.84. The van der Waals surface area contributed by atoms with Crippen molar-refractivity contribution in [1.29, 1.82) is 0 Å². The highest BCUT2D eigenvalue weighted by Gasteiger charge is 2.04. The number of rotatable bonds is 4. The van der Waals surface area contributed by atoms with Crippen LogP contribution in [0.5, 0.6) is 0 Å². The lowest BCUT2D eigenvalue weighted by atomic mass is 10.1. The minimum atomic E-state index is -0.224. The predicted molar refractivity (Wildman–Crippen MR) is 83.6 cm³/mol. The number of pyridine rings is 1. The summed E-state index contributed by atoms with van der Waals surface area (Å²) in [5, 5.41) is 5.61. The van der Waals surface area contributed by atoms with Gasteiger partial charge in [0.2, 0.25) is 0 Å². The molecule has 21 heavy (non-hydrogen) atoms. The molecule has 0 aliphatic heterocycles. The second-order valence-electron chi connectivity index (χ2n) is 5.01. The van der Waals surface area contributed by atoms with Gasteiger partial charge in [0, 0.05) is 24.8 Å². The van der Waals surface area contributed by atoms with E-state index in [0.717, 1.165) is 11.1 Å². The van der Waals surface area contributed by atoms with Crippen LogP contribution in [-0.2, 0) is 13.1 Å². The van der Waals surface area contributed by atoms with Crippen molar-refractivity contribution < 1.29 is 4.79 Å². The third-order valence-corrected chi connectivity index (χ3v) is 3.30. The first kappa shape index (κ1) is 14.8. The number of aryl methyl sites for hydroxylation is 2. The highest BCUT2D eigenvalue weighted by molar-refractivity contribution is 5.74. The van der Waals surface area contributed by atoms with E-state index < -0.39 is 0 Å². The number of carbonyl (C=O) groups is 1. The molecule has 1 heterocycles. The molecule has 2 rings (SSSR count). The highest BCUT2D eigenvalue weighted by atomic mass is 16.2. The van der Waals surface area contributed by atoms with Crippen LogP contribution in [0.4, 0.5) is 10.6 Å². The Morgan fingerprint density at radius 3 is 2.52 bits per heavy atom. The van der Waals surface area contributed by atoms with Crippen LogP contribution in [0.1, 0.15) is 22.3 Å². The SMILES string of the molecule is Cc1ccc(CNC(=O)NCc2cccnc2N)c(C)c1. The van der Waals surface area contributed by atoms with Gasteiger partial charge in [0.25, 0.3) is 0 Å². The number of nitrogen functional groups attached to an aromatic ring is 1. The number of nitrogens with two attached hydrogens (primary N) is 1. The molecule has 5 heteroatoms. The summed E-state index contributed by atoms with van der Waals surface area (Å²) in [5.41, 5.74) is 10.0. The van der Waals surface area contributed by atoms with Crippen molar-refractivity contribution in [3.8, 4) is 0 Å². The number of hydrogen-bond acceptors (Lipinski definition) is 3. The third kappa shape index (κ3) is 4.21. The van der Waals surface area contributed by atoms with Crippen molar-refractivity contribution in [3.63, 3.8) is 0 Å². The molecule has 0 bridgehead atoms. The lowest BCUT2D eigenvalue weighted by molar-refractivity contribution is 0.240. The minimum Gasteiger partial charge on any atom is -0.383 e. The normalized spacial score (nSPS) is 10.2. The molecule has 4 N–H and O–H groups in total. The molecule has 2 amide bonds. The van der Waals surface area contributed by atoms with E-state index in [-0.39, 0.29) is 6.03 Å². The highest BCUT2D eigenvalue weighted by Crippen LogP contribution is 2.10. The average Bonchev–Trinajstić information content (AvgIpc) is 2.45. The fraction of sp³-hybridized carbons (Fsp3) is 0.250. The molecule has 1 aromatic heterocycles. The Bertz CT molecular complexity index is 640. The second-order valence-corrected chi connectivity index (χ2v) is 5.01. The molecule has 0 unspecified atom stereocenters. The number of hydrogen-bond donors (Lipinski definition) is 3. The van der Waals surface area contributed by atoms with Gasteiger partial charge in [0.1, 0.15) is 5.82 Å². The summed E-state index contributed by atoms with van der Waals surface area (Å²) in [5.74, 6) is 0.437. The molecule has 0 fully saturated rings. The number of amides is 2. The molecule has 0 saturated heterocycles. The molecule has 0 atom stereocenters. The van der Waals surface area contributed by atoms with Gasteiger partial charge in [-0.1, -0.05) is 29.8 Å². The van der Waals surface area contributed by atoms with Gasteiger partial charge in [-0.3, -0.25) is 0 Å². The van der Waals surface area contributed by atoms with Crippen molar-refractivity contribution in [2.75, 3.05) is 5.73 Å². The molecular weight excluding hydrogens is 264 g/mol. The summed E-state index contributed by atoms with van der Waals surface area (Å²) >= 11 is 0. The fourth-order valence-electron chi connectivity index (χ4n) is 2.06. The van der Waals surface area contributed by atoms with E-state index in [2.05, 4.69) is 28.6 Å². The van der Waals surface area contributed by atoms with Crippen LogP contribution >= 0.6 is 0 Å². The maximum absolute atomic E-state index is 11.8. The number of nitrogens with zero attached hydrogens (tertiary/aromatic N) is 1. The van der Waals surface area contributed by atoms with E-state index in [1.54, 1.807) is 12.3 Å². The molecule has 1 aromatic carbocycles. The second kappa shape index (κ2) is 6.74.